The van der Waals surface area contributed by atoms with Gasteiger partial charge in [-0.2, -0.15) is 4.74 Å². The number of hydroxylamine groups is 1. The molecule has 0 bridgehead atoms. The predicted molar refractivity (Wildman–Crippen MR) is 50.9 cm³/mol. The lowest BCUT2D eigenvalue weighted by molar-refractivity contribution is -0.372. The summed E-state index contributed by atoms with van der Waals surface area (Å²) in [6.45, 7) is 3.44. The Kier molecular flexibility index (Phi) is 3.08. The summed E-state index contributed by atoms with van der Waals surface area (Å²) in [5.74, 6) is 0. The molecule has 0 spiro atoms. The molecule has 0 N–H and O–H groups in total. The lowest BCUT2D eigenvalue weighted by atomic mass is 10.1. The highest BCUT2D eigenvalue weighted by atomic mass is 16.5. The molecule has 0 fully saturated rings. The molecule has 0 amide bonds. The number of rotatable bonds is 2. The van der Waals surface area contributed by atoms with Crippen molar-refractivity contribution in [1.82, 2.24) is 0 Å². The van der Waals surface area contributed by atoms with Gasteiger partial charge in [-0.3, -0.25) is 0 Å². The van der Waals surface area contributed by atoms with E-state index >= 15 is 0 Å². The van der Waals surface area contributed by atoms with Crippen molar-refractivity contribution in [2.24, 2.45) is 0 Å². The van der Waals surface area contributed by atoms with Gasteiger partial charge in [0, 0.05) is 5.57 Å². The van der Waals surface area contributed by atoms with Gasteiger partial charge in [0.25, 0.3) is 0 Å². The van der Waals surface area contributed by atoms with E-state index < -0.39 is 0 Å². The van der Waals surface area contributed by atoms with Crippen LogP contribution in [0.5, 0.6) is 0 Å². The molecular formula is C10H11NO. The second-order valence-electron chi connectivity index (χ2n) is 2.44. The molecule has 2 heteroatoms. The smallest absolute Gasteiger partial charge is 0.183 e. The summed E-state index contributed by atoms with van der Waals surface area (Å²) >= 11 is 0. The zero-order valence-electron chi connectivity index (χ0n) is 6.81. The van der Waals surface area contributed by atoms with Crippen LogP contribution in [0.1, 0.15) is 6.42 Å². The van der Waals surface area contributed by atoms with Gasteiger partial charge < -0.3 is 5.21 Å². The summed E-state index contributed by atoms with van der Waals surface area (Å²) in [7, 11) is 0. The van der Waals surface area contributed by atoms with Gasteiger partial charge in [-0.05, 0) is 12.5 Å². The molecule has 1 rings (SSSR count). The normalized spacial score (nSPS) is 20.0. The van der Waals surface area contributed by atoms with Gasteiger partial charge in [0.15, 0.2) is 12.4 Å². The molecule has 0 aromatic rings. The maximum absolute atomic E-state index is 11.0. The fourth-order valence-electron chi connectivity index (χ4n) is 0.936. The van der Waals surface area contributed by atoms with Crippen molar-refractivity contribution < 1.29 is 4.74 Å². The Morgan fingerprint density at radius 2 is 2.33 bits per heavy atom. The van der Waals surface area contributed by atoms with E-state index in [0.29, 0.717) is 0 Å². The second kappa shape index (κ2) is 4.34. The summed E-state index contributed by atoms with van der Waals surface area (Å²) < 4.78 is 0.756. The average Bonchev–Trinajstić information content (AvgIpc) is 2.06. The SMILES string of the molecule is C=C/C=[N+](/[O-])C=C1C=CC=CC1. The van der Waals surface area contributed by atoms with E-state index in [1.807, 2.05) is 24.3 Å². The topological polar surface area (TPSA) is 26.1 Å². The van der Waals surface area contributed by atoms with E-state index in [9.17, 15) is 5.21 Å². The van der Waals surface area contributed by atoms with Gasteiger partial charge in [-0.25, -0.2) is 0 Å². The molecule has 0 aromatic carbocycles. The summed E-state index contributed by atoms with van der Waals surface area (Å²) in [6.07, 6.45) is 13.0. The van der Waals surface area contributed by atoms with Crippen molar-refractivity contribution in [2.45, 2.75) is 6.42 Å². The lowest BCUT2D eigenvalue weighted by Crippen LogP contribution is -1.95. The summed E-state index contributed by atoms with van der Waals surface area (Å²) in [4.78, 5) is 0. The van der Waals surface area contributed by atoms with Crippen LogP contribution in [0.15, 0.2) is 48.7 Å². The highest BCUT2D eigenvalue weighted by Crippen LogP contribution is 2.08. The number of nitrogens with zero attached hydrogens (tertiary/aromatic N) is 1. The maximum atomic E-state index is 11.0. The molecule has 12 heavy (non-hydrogen) atoms. The molecule has 0 heterocycles. The third kappa shape index (κ3) is 2.58. The summed E-state index contributed by atoms with van der Waals surface area (Å²) in [5.41, 5.74) is 1.01. The van der Waals surface area contributed by atoms with Crippen molar-refractivity contribution in [3.8, 4) is 0 Å². The Balaban J connectivity index is 2.69. The molecule has 1 aliphatic rings. The molecular weight excluding hydrogens is 150 g/mol. The molecule has 0 radical (unpaired) electrons. The zero-order chi connectivity index (χ0) is 8.81. The van der Waals surface area contributed by atoms with Gasteiger partial charge in [-0.15, -0.1) is 0 Å². The quantitative estimate of drug-likeness (QED) is 0.264. The van der Waals surface area contributed by atoms with Crippen molar-refractivity contribution in [2.75, 3.05) is 0 Å². The molecule has 2 nitrogen and oxygen atoms in total. The minimum atomic E-state index is 0.756. The van der Waals surface area contributed by atoms with Crippen LogP contribution in [-0.2, 0) is 0 Å². The molecule has 0 atom stereocenters. The molecule has 0 aliphatic heterocycles. The van der Waals surface area contributed by atoms with Crippen LogP contribution >= 0.6 is 0 Å². The van der Waals surface area contributed by atoms with Gasteiger partial charge in [0.2, 0.25) is 0 Å². The lowest BCUT2D eigenvalue weighted by Gasteiger charge is -2.00. The van der Waals surface area contributed by atoms with E-state index in [-0.39, 0.29) is 0 Å². The molecule has 0 aromatic heterocycles. The third-order valence-electron chi connectivity index (χ3n) is 1.46. The van der Waals surface area contributed by atoms with Crippen LogP contribution in [0.25, 0.3) is 0 Å². The van der Waals surface area contributed by atoms with Gasteiger partial charge >= 0.3 is 0 Å². The fraction of sp³-hybridized carbons (Fsp3) is 0.100. The van der Waals surface area contributed by atoms with E-state index in [1.54, 1.807) is 6.20 Å². The van der Waals surface area contributed by atoms with Crippen molar-refractivity contribution >= 4 is 6.21 Å². The monoisotopic (exact) mass is 161 g/mol. The Labute approximate surface area is 72.1 Å². The van der Waals surface area contributed by atoms with Crippen molar-refractivity contribution in [3.63, 3.8) is 0 Å². The Morgan fingerprint density at radius 3 is 2.92 bits per heavy atom. The van der Waals surface area contributed by atoms with E-state index in [2.05, 4.69) is 6.58 Å². The number of allylic oxidation sites excluding steroid dienone is 6. The number of hydrogen-bond donors (Lipinski definition) is 0. The van der Waals surface area contributed by atoms with E-state index in [4.69, 9.17) is 0 Å². The minimum absolute atomic E-state index is 0.756. The van der Waals surface area contributed by atoms with Crippen molar-refractivity contribution in [1.29, 1.82) is 0 Å². The predicted octanol–water partition coefficient (Wildman–Crippen LogP) is 2.15. The zero-order valence-corrected chi connectivity index (χ0v) is 6.81. The highest BCUT2D eigenvalue weighted by Gasteiger charge is 1.95. The first-order valence-electron chi connectivity index (χ1n) is 3.78. The van der Waals surface area contributed by atoms with Crippen LogP contribution in [0, 0.1) is 5.21 Å². The first-order chi connectivity index (χ1) is 5.83. The fourth-order valence-corrected chi connectivity index (χ4v) is 0.936. The van der Waals surface area contributed by atoms with Crippen molar-refractivity contribution in [3.05, 3.63) is 53.9 Å². The van der Waals surface area contributed by atoms with Gasteiger partial charge in [0.05, 0.1) is 0 Å². The van der Waals surface area contributed by atoms with Crippen LogP contribution in [0.2, 0.25) is 0 Å². The molecule has 1 aliphatic carbocycles. The standard InChI is InChI=1S/C10H11NO/c1-2-8-11(12)9-10-6-4-3-5-7-10/h2-6,8-9H,1,7H2/b10-9?,11-8+. The first kappa shape index (κ1) is 8.53. The van der Waals surface area contributed by atoms with E-state index in [0.717, 1.165) is 16.7 Å². The molecule has 0 saturated carbocycles. The maximum Gasteiger partial charge on any atom is 0.183 e. The Bertz CT molecular complexity index is 282. The Hall–Kier alpha value is -1.57. The third-order valence-corrected chi connectivity index (χ3v) is 1.46. The average molecular weight is 161 g/mol. The van der Waals surface area contributed by atoms with Gasteiger partial charge in [-0.1, -0.05) is 30.9 Å². The molecule has 62 valence electrons. The van der Waals surface area contributed by atoms with Crippen LogP contribution in [-0.4, -0.2) is 11.0 Å². The number of hydrogen-bond acceptors (Lipinski definition) is 1. The first-order valence-corrected chi connectivity index (χ1v) is 3.78. The highest BCUT2D eigenvalue weighted by molar-refractivity contribution is 5.65. The molecule has 0 unspecified atom stereocenters. The van der Waals surface area contributed by atoms with E-state index in [1.165, 1.54) is 12.3 Å². The Morgan fingerprint density at radius 1 is 1.50 bits per heavy atom. The molecule has 0 saturated heterocycles. The van der Waals surface area contributed by atoms with Crippen LogP contribution < -0.4 is 0 Å². The van der Waals surface area contributed by atoms with Gasteiger partial charge in [0.1, 0.15) is 0 Å². The van der Waals surface area contributed by atoms with Crippen LogP contribution in [0.4, 0.5) is 0 Å². The largest absolute Gasteiger partial charge is 0.619 e. The summed E-state index contributed by atoms with van der Waals surface area (Å²) in [5, 5.41) is 11.0. The summed E-state index contributed by atoms with van der Waals surface area (Å²) in [6, 6.07) is 0. The second-order valence-corrected chi connectivity index (χ2v) is 2.44. The van der Waals surface area contributed by atoms with Crippen LogP contribution in [0.3, 0.4) is 0 Å². The minimum Gasteiger partial charge on any atom is -0.619 e.